The van der Waals surface area contributed by atoms with E-state index in [-0.39, 0.29) is 19.4 Å². The lowest BCUT2D eigenvalue weighted by Gasteiger charge is -2.54. The minimum absolute atomic E-state index is 0.173. The van der Waals surface area contributed by atoms with Gasteiger partial charge in [0.05, 0.1) is 50.1 Å². The van der Waals surface area contributed by atoms with Crippen LogP contribution in [0.15, 0.2) is 36.9 Å². The average Bonchev–Trinajstić information content (AvgIpc) is 3.35. The lowest BCUT2D eigenvalue weighted by Crippen LogP contribution is -2.69. The Labute approximate surface area is 187 Å². The fraction of sp³-hybridized carbons (Fsp3) is 0.542. The van der Waals surface area contributed by atoms with Crippen LogP contribution in [0, 0.1) is 17.2 Å². The number of fused-ring (bicyclic) bond motifs is 1. The van der Waals surface area contributed by atoms with E-state index in [9.17, 15) is 14.9 Å². The van der Waals surface area contributed by atoms with Crippen molar-refractivity contribution in [2.24, 2.45) is 5.92 Å². The third-order valence-corrected chi connectivity index (χ3v) is 7.10. The van der Waals surface area contributed by atoms with Gasteiger partial charge in [-0.3, -0.25) is 9.69 Å². The van der Waals surface area contributed by atoms with Crippen LogP contribution in [0.4, 0.5) is 10.5 Å². The summed E-state index contributed by atoms with van der Waals surface area (Å²) in [5.74, 6) is -2.30. The second-order valence-electron chi connectivity index (χ2n) is 8.37. The normalized spacial score (nSPS) is 30.0. The number of nitrogens with zero attached hydrogens (tertiary/aromatic N) is 2. The molecule has 2 heterocycles. The molecule has 0 aromatic heterocycles. The van der Waals surface area contributed by atoms with Crippen molar-refractivity contribution in [1.29, 1.82) is 5.26 Å². The molecule has 1 aliphatic carbocycles. The van der Waals surface area contributed by atoms with Crippen molar-refractivity contribution in [3.8, 4) is 6.07 Å². The number of allylic oxidation sites excluding steroid dienone is 1. The number of methoxy groups -OCH3 is 1. The molecule has 8 heteroatoms. The zero-order chi connectivity index (χ0) is 23.0. The highest BCUT2D eigenvalue weighted by molar-refractivity contribution is 5.97. The Kier molecular flexibility index (Phi) is 5.74. The minimum atomic E-state index is -1.25. The van der Waals surface area contributed by atoms with Crippen molar-refractivity contribution in [1.82, 2.24) is 0 Å². The number of nitriles is 1. The Hall–Kier alpha value is -2.89. The van der Waals surface area contributed by atoms with Gasteiger partial charge in [-0.1, -0.05) is 24.3 Å². The van der Waals surface area contributed by atoms with Gasteiger partial charge in [-0.15, -0.1) is 6.58 Å². The molecule has 8 nitrogen and oxygen atoms in total. The standard InChI is InChI=1S/C24H28N2O6/c1-4-10-22(16-25)17-8-6-7-9-19(17)26(21(28)29-3)24(22)12-11-23(31-13-14-32-23)15-18(24)20(27)30-5-2/h4,6-9,18H,1,5,10-15H2,2-3H3/t18?,22-,24?/m0/s1. The van der Waals surface area contributed by atoms with E-state index < -0.39 is 34.7 Å². The molecule has 170 valence electrons. The molecule has 0 bridgehead atoms. The first kappa shape index (κ1) is 22.3. The van der Waals surface area contributed by atoms with E-state index >= 15 is 0 Å². The fourth-order valence-corrected chi connectivity index (χ4v) is 5.92. The Bertz CT molecular complexity index is 965. The second-order valence-corrected chi connectivity index (χ2v) is 8.37. The van der Waals surface area contributed by atoms with E-state index in [2.05, 4.69) is 12.6 Å². The van der Waals surface area contributed by atoms with Gasteiger partial charge in [-0.2, -0.15) is 5.26 Å². The zero-order valence-corrected chi connectivity index (χ0v) is 18.5. The Morgan fingerprint density at radius 2 is 2.03 bits per heavy atom. The van der Waals surface area contributed by atoms with Crippen molar-refractivity contribution in [2.45, 2.75) is 49.3 Å². The quantitative estimate of drug-likeness (QED) is 0.522. The van der Waals surface area contributed by atoms with E-state index in [4.69, 9.17) is 18.9 Å². The summed E-state index contributed by atoms with van der Waals surface area (Å²) in [6.45, 7) is 6.65. The number of carbonyl (C=O) groups is 2. The van der Waals surface area contributed by atoms with Crippen molar-refractivity contribution in [2.75, 3.05) is 31.8 Å². The van der Waals surface area contributed by atoms with E-state index in [1.54, 1.807) is 25.1 Å². The van der Waals surface area contributed by atoms with Crippen molar-refractivity contribution in [3.63, 3.8) is 0 Å². The average molecular weight is 440 g/mol. The minimum Gasteiger partial charge on any atom is -0.466 e. The summed E-state index contributed by atoms with van der Waals surface area (Å²) in [5, 5.41) is 10.7. The molecule has 1 saturated heterocycles. The van der Waals surface area contributed by atoms with Gasteiger partial charge in [0.2, 0.25) is 0 Å². The Morgan fingerprint density at radius 1 is 1.31 bits per heavy atom. The summed E-state index contributed by atoms with van der Waals surface area (Å²) in [5.41, 5.74) is -1.25. The van der Waals surface area contributed by atoms with Crippen LogP contribution in [0.25, 0.3) is 0 Å². The van der Waals surface area contributed by atoms with Crippen LogP contribution < -0.4 is 4.90 Å². The molecule has 1 aromatic rings. The van der Waals surface area contributed by atoms with Gasteiger partial charge >= 0.3 is 12.1 Å². The summed E-state index contributed by atoms with van der Waals surface area (Å²) in [4.78, 5) is 28.2. The first-order valence-electron chi connectivity index (χ1n) is 10.9. The molecule has 0 N–H and O–H groups in total. The van der Waals surface area contributed by atoms with Crippen LogP contribution in [-0.2, 0) is 29.2 Å². The fourth-order valence-electron chi connectivity index (χ4n) is 5.92. The predicted octanol–water partition coefficient (Wildman–Crippen LogP) is 3.46. The lowest BCUT2D eigenvalue weighted by molar-refractivity contribution is -0.208. The van der Waals surface area contributed by atoms with Crippen LogP contribution in [0.1, 0.15) is 38.2 Å². The van der Waals surface area contributed by atoms with Gasteiger partial charge in [0, 0.05) is 12.8 Å². The van der Waals surface area contributed by atoms with Crippen LogP contribution >= 0.6 is 0 Å². The number of hydrogen-bond acceptors (Lipinski definition) is 7. The molecule has 3 atom stereocenters. The molecule has 3 aliphatic rings. The molecule has 32 heavy (non-hydrogen) atoms. The number of hydrogen-bond donors (Lipinski definition) is 0. The Balaban J connectivity index is 1.99. The van der Waals surface area contributed by atoms with E-state index in [1.807, 2.05) is 12.1 Å². The highest BCUT2D eigenvalue weighted by Crippen LogP contribution is 2.63. The molecule has 0 radical (unpaired) electrons. The topological polar surface area (TPSA) is 98.1 Å². The van der Waals surface area contributed by atoms with E-state index in [0.29, 0.717) is 37.3 Å². The number of carbonyl (C=O) groups excluding carboxylic acids is 2. The highest BCUT2D eigenvalue weighted by Gasteiger charge is 2.72. The number of anilines is 1. The molecule has 2 fully saturated rings. The summed E-state index contributed by atoms with van der Waals surface area (Å²) in [7, 11) is 1.30. The Morgan fingerprint density at radius 3 is 2.66 bits per heavy atom. The predicted molar refractivity (Wildman–Crippen MR) is 115 cm³/mol. The zero-order valence-electron chi connectivity index (χ0n) is 18.5. The van der Waals surface area contributed by atoms with Gasteiger partial charge in [0.25, 0.3) is 0 Å². The third-order valence-electron chi connectivity index (χ3n) is 7.10. The third kappa shape index (κ3) is 2.88. The molecule has 1 saturated carbocycles. The first-order valence-corrected chi connectivity index (χ1v) is 10.9. The second kappa shape index (κ2) is 8.23. The summed E-state index contributed by atoms with van der Waals surface area (Å²) < 4.78 is 22.5. The van der Waals surface area contributed by atoms with Gasteiger partial charge in [-0.25, -0.2) is 4.79 Å². The summed E-state index contributed by atoms with van der Waals surface area (Å²) in [6, 6.07) is 9.75. The number of ether oxygens (including phenoxy) is 4. The van der Waals surface area contributed by atoms with Crippen molar-refractivity contribution in [3.05, 3.63) is 42.5 Å². The lowest BCUT2D eigenvalue weighted by atomic mass is 9.55. The molecular formula is C24H28N2O6. The van der Waals surface area contributed by atoms with Crippen LogP contribution in [0.5, 0.6) is 0 Å². The molecule has 2 aliphatic heterocycles. The van der Waals surface area contributed by atoms with Crippen LogP contribution in [0.2, 0.25) is 0 Å². The molecular weight excluding hydrogens is 412 g/mol. The maximum atomic E-state index is 13.5. The maximum absolute atomic E-state index is 13.5. The maximum Gasteiger partial charge on any atom is 0.414 e. The number of para-hydroxylation sites is 1. The summed E-state index contributed by atoms with van der Waals surface area (Å²) >= 11 is 0. The smallest absolute Gasteiger partial charge is 0.414 e. The van der Waals surface area contributed by atoms with Crippen molar-refractivity contribution >= 4 is 17.7 Å². The first-order chi connectivity index (χ1) is 15.4. The summed E-state index contributed by atoms with van der Waals surface area (Å²) in [6.07, 6.45) is 2.17. The van der Waals surface area contributed by atoms with Gasteiger partial charge < -0.3 is 18.9 Å². The van der Waals surface area contributed by atoms with E-state index in [0.717, 1.165) is 0 Å². The number of esters is 1. The number of benzene rings is 1. The molecule has 1 aromatic carbocycles. The molecule has 2 unspecified atom stereocenters. The van der Waals surface area contributed by atoms with Crippen LogP contribution in [0.3, 0.4) is 0 Å². The van der Waals surface area contributed by atoms with Gasteiger partial charge in [-0.05, 0) is 31.4 Å². The molecule has 1 amide bonds. The monoisotopic (exact) mass is 440 g/mol. The van der Waals surface area contributed by atoms with Gasteiger partial charge in [0.15, 0.2) is 5.79 Å². The van der Waals surface area contributed by atoms with Gasteiger partial charge in [0.1, 0.15) is 5.41 Å². The molecule has 2 spiro atoms. The van der Waals surface area contributed by atoms with E-state index in [1.165, 1.54) is 12.0 Å². The van der Waals surface area contributed by atoms with Crippen molar-refractivity contribution < 1.29 is 28.5 Å². The SMILES string of the molecule is C=CC[C@]1(C#N)c2ccccc2N(C(=O)OC)C12CCC1(CC2C(=O)OCC)OCCO1. The van der Waals surface area contributed by atoms with Crippen LogP contribution in [-0.4, -0.2) is 50.3 Å². The largest absolute Gasteiger partial charge is 0.466 e. The molecule has 4 rings (SSSR count). The highest BCUT2D eigenvalue weighted by atomic mass is 16.7. The number of amides is 1. The number of rotatable bonds is 4.